The van der Waals surface area contributed by atoms with Gasteiger partial charge in [-0.1, -0.05) is 25.4 Å². The molecule has 2 fully saturated rings. The van der Waals surface area contributed by atoms with Crippen LogP contribution in [-0.4, -0.2) is 49.9 Å². The second-order valence-corrected chi connectivity index (χ2v) is 12.4. The highest BCUT2D eigenvalue weighted by atomic mass is 35.5. The maximum Gasteiger partial charge on any atom is 0.229 e. The van der Waals surface area contributed by atoms with Crippen LogP contribution in [0, 0.1) is 12.8 Å². The molecule has 1 aliphatic carbocycles. The fourth-order valence-electron chi connectivity index (χ4n) is 5.58. The Morgan fingerprint density at radius 2 is 1.79 bits per heavy atom. The average molecular weight is 552 g/mol. The molecule has 1 aliphatic heterocycles. The first-order valence-corrected chi connectivity index (χ1v) is 14.6. The van der Waals surface area contributed by atoms with E-state index in [0.717, 1.165) is 54.9 Å². The Morgan fingerprint density at radius 1 is 1.08 bits per heavy atom. The number of aryl methyl sites for hydroxylation is 2. The molecule has 210 valence electrons. The summed E-state index contributed by atoms with van der Waals surface area (Å²) in [6, 6.07) is 5.55. The number of nitrogens with zero attached hydrogens (tertiary/aromatic N) is 5. The molecule has 2 unspecified atom stereocenters. The Bertz CT molecular complexity index is 1310. The van der Waals surface area contributed by atoms with E-state index in [1.54, 1.807) is 6.20 Å². The lowest BCUT2D eigenvalue weighted by atomic mass is 9.81. The van der Waals surface area contributed by atoms with Gasteiger partial charge in [-0.15, -0.1) is 0 Å². The number of rotatable bonds is 9. The molecule has 39 heavy (non-hydrogen) atoms. The largest absolute Gasteiger partial charge is 0.488 e. The quantitative estimate of drug-likeness (QED) is 0.297. The Labute approximate surface area is 237 Å². The van der Waals surface area contributed by atoms with Crippen molar-refractivity contribution >= 4 is 34.7 Å². The summed E-state index contributed by atoms with van der Waals surface area (Å²) in [7, 11) is 4.16. The van der Waals surface area contributed by atoms with Crippen LogP contribution in [0.4, 0.5) is 23.1 Å². The van der Waals surface area contributed by atoms with Gasteiger partial charge in [0.2, 0.25) is 5.95 Å². The highest BCUT2D eigenvalue weighted by Gasteiger charge is 2.31. The average Bonchev–Trinajstić information content (AvgIpc) is 3.62. The first-order valence-electron chi connectivity index (χ1n) is 14.2. The zero-order chi connectivity index (χ0) is 27.8. The highest BCUT2D eigenvalue weighted by molar-refractivity contribution is 6.32. The van der Waals surface area contributed by atoms with Crippen molar-refractivity contribution < 1.29 is 4.74 Å². The molecule has 0 radical (unpaired) electrons. The molecule has 3 aromatic rings. The minimum atomic E-state index is 0.282. The summed E-state index contributed by atoms with van der Waals surface area (Å²) in [6.45, 7) is 11.2. The van der Waals surface area contributed by atoms with E-state index in [1.807, 2.05) is 17.9 Å². The summed E-state index contributed by atoms with van der Waals surface area (Å²) in [6.07, 6.45) is 9.23. The van der Waals surface area contributed by atoms with Crippen molar-refractivity contribution in [3.63, 3.8) is 0 Å². The van der Waals surface area contributed by atoms with E-state index in [-0.39, 0.29) is 6.10 Å². The van der Waals surface area contributed by atoms with Crippen LogP contribution < -0.4 is 15.4 Å². The monoisotopic (exact) mass is 551 g/mol. The van der Waals surface area contributed by atoms with Crippen LogP contribution in [0.3, 0.4) is 0 Å². The number of hydrogen-bond donors (Lipinski definition) is 2. The Balaban J connectivity index is 1.41. The van der Waals surface area contributed by atoms with Gasteiger partial charge in [-0.2, -0.15) is 10.1 Å². The minimum absolute atomic E-state index is 0.282. The number of benzene rings is 1. The molecule has 3 heterocycles. The third kappa shape index (κ3) is 6.49. The number of likely N-dealkylation sites (tertiary alicyclic amines) is 1. The molecule has 0 spiro atoms. The van der Waals surface area contributed by atoms with E-state index in [1.165, 1.54) is 11.1 Å². The molecule has 1 saturated carbocycles. The molecule has 2 N–H and O–H groups in total. The first kappa shape index (κ1) is 27.7. The van der Waals surface area contributed by atoms with E-state index in [0.29, 0.717) is 40.7 Å². The summed E-state index contributed by atoms with van der Waals surface area (Å²) < 4.78 is 8.23. The maximum absolute atomic E-state index is 6.52. The standard InChI is InChI=1S/C30H42ClN7O/c1-17(2)10-25-27(16-37(6)36-25)33-29-24(31)15-32-30(35-29)34-26-11-18(3)23(14-28(26)39-22-8-9-22)21-12-19(4)38(7)20(5)13-21/h11,14-17,19-22H,8-10,12-13H2,1-7H3,(H2,32,33,34,35). The fourth-order valence-corrected chi connectivity index (χ4v) is 5.72. The molecular formula is C30H42ClN7O. The second-order valence-electron chi connectivity index (χ2n) is 12.0. The van der Waals surface area contributed by atoms with Crippen LogP contribution in [0.5, 0.6) is 5.75 Å². The molecule has 5 rings (SSSR count). The van der Waals surface area contributed by atoms with E-state index in [2.05, 4.69) is 79.4 Å². The predicted octanol–water partition coefficient (Wildman–Crippen LogP) is 6.99. The summed E-state index contributed by atoms with van der Waals surface area (Å²) in [5.41, 5.74) is 5.41. The molecule has 0 amide bonds. The molecule has 9 heteroatoms. The van der Waals surface area contributed by atoms with Crippen molar-refractivity contribution in [3.8, 4) is 5.75 Å². The van der Waals surface area contributed by atoms with Crippen LogP contribution in [0.1, 0.15) is 76.1 Å². The third-order valence-electron chi connectivity index (χ3n) is 8.02. The molecular weight excluding hydrogens is 510 g/mol. The number of ether oxygens (including phenoxy) is 1. The van der Waals surface area contributed by atoms with Gasteiger partial charge in [-0.25, -0.2) is 4.98 Å². The van der Waals surface area contributed by atoms with Crippen molar-refractivity contribution in [2.75, 3.05) is 17.7 Å². The predicted molar refractivity (Wildman–Crippen MR) is 159 cm³/mol. The molecule has 2 aromatic heterocycles. The van der Waals surface area contributed by atoms with Crippen molar-refractivity contribution in [1.29, 1.82) is 0 Å². The normalized spacial score (nSPS) is 21.8. The topological polar surface area (TPSA) is 80.1 Å². The van der Waals surface area contributed by atoms with Gasteiger partial charge in [0.15, 0.2) is 5.82 Å². The van der Waals surface area contributed by atoms with Crippen molar-refractivity contribution in [2.45, 2.75) is 90.8 Å². The van der Waals surface area contributed by atoms with E-state index in [4.69, 9.17) is 21.3 Å². The smallest absolute Gasteiger partial charge is 0.229 e. The Morgan fingerprint density at radius 3 is 2.46 bits per heavy atom. The van der Waals surface area contributed by atoms with Gasteiger partial charge in [0.1, 0.15) is 10.8 Å². The molecule has 2 aliphatic rings. The third-order valence-corrected chi connectivity index (χ3v) is 8.29. The van der Waals surface area contributed by atoms with Crippen molar-refractivity contribution in [2.24, 2.45) is 13.0 Å². The van der Waals surface area contributed by atoms with Crippen molar-refractivity contribution in [3.05, 3.63) is 46.4 Å². The summed E-state index contributed by atoms with van der Waals surface area (Å²) in [5, 5.41) is 11.9. The number of halogens is 1. The van der Waals surface area contributed by atoms with E-state index in [9.17, 15) is 0 Å². The zero-order valence-electron chi connectivity index (χ0n) is 24.3. The minimum Gasteiger partial charge on any atom is -0.488 e. The van der Waals surface area contributed by atoms with Gasteiger partial charge >= 0.3 is 0 Å². The number of anilines is 4. The van der Waals surface area contributed by atoms with Gasteiger partial charge in [0, 0.05) is 25.3 Å². The van der Waals surface area contributed by atoms with Gasteiger partial charge in [0.25, 0.3) is 0 Å². The number of nitrogens with one attached hydrogen (secondary N) is 2. The zero-order valence-corrected chi connectivity index (χ0v) is 25.0. The lowest BCUT2D eigenvalue weighted by molar-refractivity contribution is 0.122. The number of aromatic nitrogens is 4. The SMILES string of the molecule is Cc1cc(Nc2ncc(Cl)c(Nc3cn(C)nc3CC(C)C)n2)c(OC2CC2)cc1C1CC(C)N(C)C(C)C1. The van der Waals surface area contributed by atoms with Gasteiger partial charge < -0.3 is 20.3 Å². The van der Waals surface area contributed by atoms with Gasteiger partial charge in [0.05, 0.1) is 29.4 Å². The van der Waals surface area contributed by atoms with Crippen LogP contribution in [0.2, 0.25) is 5.02 Å². The molecule has 0 bridgehead atoms. The summed E-state index contributed by atoms with van der Waals surface area (Å²) in [5.74, 6) is 2.88. The van der Waals surface area contributed by atoms with Crippen molar-refractivity contribution in [1.82, 2.24) is 24.6 Å². The Kier molecular flexibility index (Phi) is 8.06. The van der Waals surface area contributed by atoms with Gasteiger partial charge in [-0.05, 0) is 95.0 Å². The maximum atomic E-state index is 6.52. The second kappa shape index (κ2) is 11.3. The lowest BCUT2D eigenvalue weighted by Gasteiger charge is -2.41. The fraction of sp³-hybridized carbons (Fsp3) is 0.567. The van der Waals surface area contributed by atoms with E-state index < -0.39 is 0 Å². The van der Waals surface area contributed by atoms with E-state index >= 15 is 0 Å². The first-order chi connectivity index (χ1) is 18.6. The number of hydrogen-bond acceptors (Lipinski definition) is 7. The molecule has 1 aromatic carbocycles. The molecule has 2 atom stereocenters. The summed E-state index contributed by atoms with van der Waals surface area (Å²) >= 11 is 6.52. The lowest BCUT2D eigenvalue weighted by Crippen LogP contribution is -2.43. The summed E-state index contributed by atoms with van der Waals surface area (Å²) in [4.78, 5) is 11.7. The van der Waals surface area contributed by atoms with Crippen LogP contribution in [0.15, 0.2) is 24.5 Å². The van der Waals surface area contributed by atoms with Crippen LogP contribution >= 0.6 is 11.6 Å². The van der Waals surface area contributed by atoms with Crippen LogP contribution in [0.25, 0.3) is 0 Å². The Hall–Kier alpha value is -2.84. The number of piperidine rings is 1. The molecule has 8 nitrogen and oxygen atoms in total. The highest BCUT2D eigenvalue weighted by Crippen LogP contribution is 2.42. The van der Waals surface area contributed by atoms with Gasteiger partial charge in [-0.3, -0.25) is 4.68 Å². The molecule has 1 saturated heterocycles. The van der Waals surface area contributed by atoms with Crippen LogP contribution in [-0.2, 0) is 13.5 Å².